The van der Waals surface area contributed by atoms with Crippen molar-refractivity contribution in [2.24, 2.45) is 5.10 Å². The number of hydrogen-bond donors (Lipinski definition) is 1. The fourth-order valence-corrected chi connectivity index (χ4v) is 2.01. The van der Waals surface area contributed by atoms with Crippen LogP contribution in [0.2, 0.25) is 0 Å². The fourth-order valence-electron chi connectivity index (χ4n) is 2.01. The Morgan fingerprint density at radius 1 is 1.12 bits per heavy atom. The van der Waals surface area contributed by atoms with Crippen LogP contribution in [0.25, 0.3) is 0 Å². The molecule has 2 aromatic rings. The molecule has 1 N–H and O–H groups in total. The molecule has 0 saturated carbocycles. The molecule has 0 fully saturated rings. The summed E-state index contributed by atoms with van der Waals surface area (Å²) in [6.45, 7) is 1.98. The van der Waals surface area contributed by atoms with Crippen LogP contribution >= 0.6 is 0 Å². The normalized spacial score (nSPS) is 11.0. The standard InChI is InChI=1S/C18H19N3O3/c1-2-24-18(23)16(9-8-14-6-4-3-5-7-14)20-21-17(22)15-10-12-19-13-11-15/h3-7,10-13H,2,8-9H2,1H3,(H,21,22)/b20-16-. The van der Waals surface area contributed by atoms with Crippen LogP contribution < -0.4 is 5.43 Å². The second-order valence-corrected chi connectivity index (χ2v) is 4.94. The number of aromatic nitrogens is 1. The van der Waals surface area contributed by atoms with Crippen LogP contribution in [-0.4, -0.2) is 29.2 Å². The van der Waals surface area contributed by atoms with E-state index in [0.29, 0.717) is 18.4 Å². The molecule has 0 saturated heterocycles. The monoisotopic (exact) mass is 325 g/mol. The summed E-state index contributed by atoms with van der Waals surface area (Å²) in [5.41, 5.74) is 4.07. The van der Waals surface area contributed by atoms with Crippen LogP contribution in [0.15, 0.2) is 60.0 Å². The van der Waals surface area contributed by atoms with Crippen LogP contribution in [0.5, 0.6) is 0 Å². The largest absolute Gasteiger partial charge is 0.461 e. The number of hydrazone groups is 1. The van der Waals surface area contributed by atoms with Gasteiger partial charge in [0, 0.05) is 24.4 Å². The Hall–Kier alpha value is -3.02. The van der Waals surface area contributed by atoms with Crippen LogP contribution in [0.1, 0.15) is 29.3 Å². The Labute approximate surface area is 140 Å². The van der Waals surface area contributed by atoms with Gasteiger partial charge in [0.1, 0.15) is 5.71 Å². The van der Waals surface area contributed by atoms with E-state index in [2.05, 4.69) is 15.5 Å². The minimum atomic E-state index is -0.525. The first-order valence-electron chi connectivity index (χ1n) is 7.68. The number of nitrogens with zero attached hydrogens (tertiary/aromatic N) is 2. The van der Waals surface area contributed by atoms with Gasteiger partial charge in [-0.15, -0.1) is 0 Å². The molecule has 1 aromatic heterocycles. The fraction of sp³-hybridized carbons (Fsp3) is 0.222. The third-order valence-electron chi connectivity index (χ3n) is 3.24. The highest BCUT2D eigenvalue weighted by Gasteiger charge is 2.14. The number of rotatable bonds is 7. The van der Waals surface area contributed by atoms with E-state index in [1.54, 1.807) is 19.1 Å². The molecule has 1 aromatic carbocycles. The first-order valence-corrected chi connectivity index (χ1v) is 7.68. The molecule has 0 aliphatic carbocycles. The van der Waals surface area contributed by atoms with E-state index in [-0.39, 0.29) is 12.3 Å². The molecule has 24 heavy (non-hydrogen) atoms. The maximum Gasteiger partial charge on any atom is 0.354 e. The lowest BCUT2D eigenvalue weighted by atomic mass is 10.1. The highest BCUT2D eigenvalue weighted by Crippen LogP contribution is 2.05. The van der Waals surface area contributed by atoms with Crippen molar-refractivity contribution in [1.29, 1.82) is 0 Å². The van der Waals surface area contributed by atoms with E-state index in [4.69, 9.17) is 4.74 Å². The first kappa shape index (κ1) is 17.3. The van der Waals surface area contributed by atoms with Gasteiger partial charge in [-0.25, -0.2) is 10.2 Å². The Bertz CT molecular complexity index is 700. The Balaban J connectivity index is 2.04. The number of aryl methyl sites for hydroxylation is 1. The summed E-state index contributed by atoms with van der Waals surface area (Å²) in [5.74, 6) is -0.928. The molecule has 0 unspecified atom stereocenters. The number of ether oxygens (including phenoxy) is 1. The average Bonchev–Trinajstić information content (AvgIpc) is 2.63. The molecule has 0 aliphatic heterocycles. The zero-order chi connectivity index (χ0) is 17.2. The second kappa shape index (κ2) is 9.19. The number of carbonyl (C=O) groups is 2. The molecule has 0 spiro atoms. The molecule has 0 radical (unpaired) electrons. The smallest absolute Gasteiger partial charge is 0.354 e. The summed E-state index contributed by atoms with van der Waals surface area (Å²) >= 11 is 0. The molecule has 6 heteroatoms. The highest BCUT2D eigenvalue weighted by molar-refractivity contribution is 6.36. The maximum atomic E-state index is 12.0. The molecule has 1 amide bonds. The number of amides is 1. The van der Waals surface area contributed by atoms with Crippen molar-refractivity contribution < 1.29 is 14.3 Å². The van der Waals surface area contributed by atoms with E-state index in [1.807, 2.05) is 30.3 Å². The third kappa shape index (κ3) is 5.31. The summed E-state index contributed by atoms with van der Waals surface area (Å²) in [5, 5.41) is 3.96. The zero-order valence-corrected chi connectivity index (χ0v) is 13.4. The van der Waals surface area contributed by atoms with Gasteiger partial charge in [0.05, 0.1) is 6.61 Å². The average molecular weight is 325 g/mol. The summed E-state index contributed by atoms with van der Waals surface area (Å²) in [6, 6.07) is 12.9. The van der Waals surface area contributed by atoms with Crippen molar-refractivity contribution in [2.75, 3.05) is 6.61 Å². The molecular formula is C18H19N3O3. The molecule has 0 atom stereocenters. The van der Waals surface area contributed by atoms with Crippen LogP contribution in [0.3, 0.4) is 0 Å². The molecule has 0 bridgehead atoms. The van der Waals surface area contributed by atoms with Crippen LogP contribution in [0, 0.1) is 0 Å². The number of benzene rings is 1. The van der Waals surface area contributed by atoms with Gasteiger partial charge >= 0.3 is 5.97 Å². The number of esters is 1. The Kier molecular flexibility index (Phi) is 6.64. The van der Waals surface area contributed by atoms with Gasteiger partial charge in [-0.05, 0) is 31.0 Å². The second-order valence-electron chi connectivity index (χ2n) is 4.94. The van der Waals surface area contributed by atoms with Crippen molar-refractivity contribution in [1.82, 2.24) is 10.4 Å². The number of pyridine rings is 1. The summed E-state index contributed by atoms with van der Waals surface area (Å²) in [6.07, 6.45) is 4.03. The van der Waals surface area contributed by atoms with E-state index in [1.165, 1.54) is 12.4 Å². The SMILES string of the molecule is CCOC(=O)/C(CCc1ccccc1)=N\NC(=O)c1ccncc1. The minimum Gasteiger partial charge on any atom is -0.461 e. The van der Waals surface area contributed by atoms with Crippen molar-refractivity contribution in [3.05, 3.63) is 66.0 Å². The van der Waals surface area contributed by atoms with Gasteiger partial charge < -0.3 is 4.74 Å². The number of carbonyl (C=O) groups excluding carboxylic acids is 2. The van der Waals surface area contributed by atoms with E-state index < -0.39 is 11.9 Å². The summed E-state index contributed by atoms with van der Waals surface area (Å²) in [4.78, 5) is 27.9. The minimum absolute atomic E-state index is 0.183. The molecule has 6 nitrogen and oxygen atoms in total. The van der Waals surface area contributed by atoms with Gasteiger partial charge in [0.2, 0.25) is 0 Å². The first-order chi connectivity index (χ1) is 11.7. The Morgan fingerprint density at radius 3 is 2.50 bits per heavy atom. The number of nitrogens with one attached hydrogen (secondary N) is 1. The summed E-state index contributed by atoms with van der Waals surface area (Å²) in [7, 11) is 0. The van der Waals surface area contributed by atoms with Crippen LogP contribution in [-0.2, 0) is 16.0 Å². The van der Waals surface area contributed by atoms with E-state index in [0.717, 1.165) is 5.56 Å². The topological polar surface area (TPSA) is 80.6 Å². The lowest BCUT2D eigenvalue weighted by molar-refractivity contribution is -0.135. The van der Waals surface area contributed by atoms with Crippen molar-refractivity contribution >= 4 is 17.6 Å². The lowest BCUT2D eigenvalue weighted by Gasteiger charge is -2.07. The van der Waals surface area contributed by atoms with Gasteiger partial charge in [-0.1, -0.05) is 30.3 Å². The van der Waals surface area contributed by atoms with Gasteiger partial charge in [-0.3, -0.25) is 9.78 Å². The van der Waals surface area contributed by atoms with Gasteiger partial charge in [0.15, 0.2) is 0 Å². The highest BCUT2D eigenvalue weighted by atomic mass is 16.5. The molecule has 0 aliphatic rings. The van der Waals surface area contributed by atoms with Crippen molar-refractivity contribution in [2.45, 2.75) is 19.8 Å². The quantitative estimate of drug-likeness (QED) is 0.481. The molecule has 124 valence electrons. The molecule has 2 rings (SSSR count). The molecular weight excluding hydrogens is 306 g/mol. The Morgan fingerprint density at radius 2 is 1.83 bits per heavy atom. The van der Waals surface area contributed by atoms with E-state index in [9.17, 15) is 9.59 Å². The molecule has 1 heterocycles. The predicted molar refractivity (Wildman–Crippen MR) is 90.5 cm³/mol. The van der Waals surface area contributed by atoms with Crippen molar-refractivity contribution in [3.63, 3.8) is 0 Å². The van der Waals surface area contributed by atoms with Gasteiger partial charge in [-0.2, -0.15) is 5.10 Å². The number of hydrogen-bond acceptors (Lipinski definition) is 5. The van der Waals surface area contributed by atoms with Gasteiger partial charge in [0.25, 0.3) is 5.91 Å². The van der Waals surface area contributed by atoms with Crippen molar-refractivity contribution in [3.8, 4) is 0 Å². The van der Waals surface area contributed by atoms with E-state index >= 15 is 0 Å². The third-order valence-corrected chi connectivity index (χ3v) is 3.24. The predicted octanol–water partition coefficient (Wildman–Crippen LogP) is 2.36. The van der Waals surface area contributed by atoms with Crippen LogP contribution in [0.4, 0.5) is 0 Å². The summed E-state index contributed by atoms with van der Waals surface area (Å²) < 4.78 is 5.00. The lowest BCUT2D eigenvalue weighted by Crippen LogP contribution is -2.25. The maximum absolute atomic E-state index is 12.0. The zero-order valence-electron chi connectivity index (χ0n) is 13.4.